The van der Waals surface area contributed by atoms with Gasteiger partial charge in [0.1, 0.15) is 5.71 Å². The zero-order valence-corrected chi connectivity index (χ0v) is 19.9. The largest absolute Gasteiger partial charge is 0.446 e. The lowest BCUT2D eigenvalue weighted by Gasteiger charge is -2.10. The molecule has 2 N–H and O–H groups in total. The van der Waals surface area contributed by atoms with Gasteiger partial charge >= 0.3 is 5.97 Å². The molecular weight excluding hydrogens is 606 g/mol. The Bertz CT molecular complexity index is 1100. The molecule has 0 aliphatic carbocycles. The lowest BCUT2D eigenvalue weighted by atomic mass is 10.0. The number of esters is 1. The van der Waals surface area contributed by atoms with Crippen molar-refractivity contribution < 1.29 is 9.53 Å². The number of cyclic esters (lactones) is 1. The van der Waals surface area contributed by atoms with Crippen molar-refractivity contribution in [1.82, 2.24) is 0 Å². The molecule has 0 spiro atoms. The number of hydrogen-bond acceptors (Lipinski definition) is 6. The molecule has 0 aromatic heterocycles. The number of hydrogen-bond donors (Lipinski definition) is 2. The number of benzene rings is 3. The van der Waals surface area contributed by atoms with Crippen LogP contribution in [-0.4, -0.2) is 17.4 Å². The molecule has 1 aliphatic rings. The average molecular weight is 622 g/mol. The topological polar surface area (TPSA) is 75.1 Å². The van der Waals surface area contributed by atoms with E-state index in [0.717, 1.165) is 24.1 Å². The SMILES string of the molecule is O=C1OC(c2ccccc2)C(=N\Nc2ccc(I)cc2)/C1=N/Nc1ccc(I)cc1. The van der Waals surface area contributed by atoms with Crippen LogP contribution in [-0.2, 0) is 9.53 Å². The summed E-state index contributed by atoms with van der Waals surface area (Å²) in [5, 5.41) is 8.79. The molecule has 1 aliphatic heterocycles. The number of ether oxygens (including phenoxy) is 1. The third-order valence-corrected chi connectivity index (χ3v) is 5.74. The normalized spacial score (nSPS) is 18.5. The fraction of sp³-hybridized carbons (Fsp3) is 0.0455. The summed E-state index contributed by atoms with van der Waals surface area (Å²) in [6, 6.07) is 25.0. The minimum atomic E-state index is -0.632. The molecule has 1 saturated heterocycles. The van der Waals surface area contributed by atoms with Gasteiger partial charge in [0.15, 0.2) is 11.8 Å². The number of rotatable bonds is 5. The van der Waals surface area contributed by atoms with Crippen molar-refractivity contribution in [3.8, 4) is 0 Å². The van der Waals surface area contributed by atoms with Gasteiger partial charge in [-0.15, -0.1) is 0 Å². The van der Waals surface area contributed by atoms with Crippen LogP contribution in [0.25, 0.3) is 0 Å². The van der Waals surface area contributed by atoms with Gasteiger partial charge in [0, 0.05) is 7.14 Å². The molecule has 6 nitrogen and oxygen atoms in total. The first-order chi connectivity index (χ1) is 14.6. The summed E-state index contributed by atoms with van der Waals surface area (Å²) in [4.78, 5) is 12.6. The summed E-state index contributed by atoms with van der Waals surface area (Å²) >= 11 is 4.47. The van der Waals surface area contributed by atoms with Gasteiger partial charge in [-0.3, -0.25) is 10.9 Å². The zero-order valence-electron chi connectivity index (χ0n) is 15.5. The number of anilines is 2. The van der Waals surface area contributed by atoms with E-state index in [1.807, 2.05) is 78.9 Å². The Morgan fingerprint density at radius 1 is 0.733 bits per heavy atom. The molecule has 0 bridgehead atoms. The number of hydrazone groups is 2. The molecule has 0 radical (unpaired) electrons. The Labute approximate surface area is 201 Å². The molecular formula is C22H16I2N4O2. The summed E-state index contributed by atoms with van der Waals surface area (Å²) in [6.07, 6.45) is -0.632. The highest BCUT2D eigenvalue weighted by Crippen LogP contribution is 2.27. The van der Waals surface area contributed by atoms with Gasteiger partial charge in [0.05, 0.1) is 11.4 Å². The van der Waals surface area contributed by atoms with E-state index < -0.39 is 12.1 Å². The third kappa shape index (κ3) is 4.98. The van der Waals surface area contributed by atoms with E-state index in [0.29, 0.717) is 5.71 Å². The molecule has 4 rings (SSSR count). The lowest BCUT2D eigenvalue weighted by molar-refractivity contribution is -0.136. The van der Waals surface area contributed by atoms with Crippen LogP contribution in [0.3, 0.4) is 0 Å². The maximum Gasteiger partial charge on any atom is 0.361 e. The first-order valence-corrected chi connectivity index (χ1v) is 11.2. The van der Waals surface area contributed by atoms with E-state index in [1.165, 1.54) is 0 Å². The number of carbonyl (C=O) groups excluding carboxylic acids is 1. The van der Waals surface area contributed by atoms with Crippen molar-refractivity contribution in [3.05, 3.63) is 91.6 Å². The van der Waals surface area contributed by atoms with Crippen molar-refractivity contribution in [2.24, 2.45) is 10.2 Å². The predicted molar refractivity (Wildman–Crippen MR) is 136 cm³/mol. The van der Waals surface area contributed by atoms with Crippen LogP contribution in [0.15, 0.2) is 89.1 Å². The summed E-state index contributed by atoms with van der Waals surface area (Å²) in [5.74, 6) is -0.523. The van der Waals surface area contributed by atoms with Crippen LogP contribution < -0.4 is 10.9 Å². The van der Waals surface area contributed by atoms with E-state index in [1.54, 1.807) is 0 Å². The lowest BCUT2D eigenvalue weighted by Crippen LogP contribution is -2.20. The van der Waals surface area contributed by atoms with Crippen molar-refractivity contribution in [1.29, 1.82) is 0 Å². The van der Waals surface area contributed by atoms with E-state index >= 15 is 0 Å². The summed E-state index contributed by atoms with van der Waals surface area (Å²) in [7, 11) is 0. The molecule has 0 saturated carbocycles. The molecule has 30 heavy (non-hydrogen) atoms. The Morgan fingerprint density at radius 3 is 1.83 bits per heavy atom. The molecule has 3 aromatic rings. The second kappa shape index (κ2) is 9.56. The van der Waals surface area contributed by atoms with Gasteiger partial charge in [-0.2, -0.15) is 10.2 Å². The standard InChI is InChI=1S/C22H16I2N4O2/c23-15-6-10-17(11-7-15)25-27-19-20(28-26-18-12-8-16(24)9-13-18)22(29)30-21(19)14-4-2-1-3-5-14/h1-13,21,25-26H/b27-19-,28-20-. The van der Waals surface area contributed by atoms with E-state index in [2.05, 4.69) is 66.2 Å². The first kappa shape index (κ1) is 20.8. The van der Waals surface area contributed by atoms with Crippen LogP contribution in [0.4, 0.5) is 11.4 Å². The highest BCUT2D eigenvalue weighted by atomic mass is 127. The summed E-state index contributed by atoms with van der Waals surface area (Å²) in [6.45, 7) is 0. The van der Waals surface area contributed by atoms with Crippen molar-refractivity contribution in [2.75, 3.05) is 10.9 Å². The first-order valence-electron chi connectivity index (χ1n) is 9.05. The average Bonchev–Trinajstić information content (AvgIpc) is 3.09. The quantitative estimate of drug-likeness (QED) is 0.226. The zero-order chi connectivity index (χ0) is 20.9. The molecule has 1 atom stereocenters. The van der Waals surface area contributed by atoms with Gasteiger partial charge in [-0.05, 0) is 99.3 Å². The molecule has 8 heteroatoms. The Kier molecular flexibility index (Phi) is 6.62. The Balaban J connectivity index is 1.66. The van der Waals surface area contributed by atoms with Gasteiger partial charge in [-0.1, -0.05) is 30.3 Å². The highest BCUT2D eigenvalue weighted by molar-refractivity contribution is 14.1. The molecule has 1 fully saturated rings. The number of carbonyl (C=O) groups is 1. The van der Waals surface area contributed by atoms with Crippen LogP contribution >= 0.6 is 45.2 Å². The van der Waals surface area contributed by atoms with Gasteiger partial charge in [-0.25, -0.2) is 4.79 Å². The molecule has 0 amide bonds. The monoisotopic (exact) mass is 622 g/mol. The molecule has 150 valence electrons. The second-order valence-electron chi connectivity index (χ2n) is 6.39. The fourth-order valence-electron chi connectivity index (χ4n) is 2.81. The second-order valence-corrected chi connectivity index (χ2v) is 8.88. The van der Waals surface area contributed by atoms with Crippen LogP contribution in [0, 0.1) is 7.14 Å². The number of nitrogens with zero attached hydrogens (tertiary/aromatic N) is 2. The van der Waals surface area contributed by atoms with Gasteiger partial charge in [0.2, 0.25) is 0 Å². The number of halogens is 2. The highest BCUT2D eigenvalue weighted by Gasteiger charge is 2.39. The summed E-state index contributed by atoms with van der Waals surface area (Å²) < 4.78 is 7.84. The van der Waals surface area contributed by atoms with Crippen molar-refractivity contribution >= 4 is 73.9 Å². The molecule has 1 heterocycles. The minimum Gasteiger partial charge on any atom is -0.446 e. The van der Waals surface area contributed by atoms with E-state index in [9.17, 15) is 4.79 Å². The Morgan fingerprint density at radius 2 is 1.27 bits per heavy atom. The minimum absolute atomic E-state index is 0.139. The molecule has 1 unspecified atom stereocenters. The fourth-order valence-corrected chi connectivity index (χ4v) is 3.53. The number of nitrogens with one attached hydrogen (secondary N) is 2. The van der Waals surface area contributed by atoms with E-state index in [4.69, 9.17) is 4.74 Å². The van der Waals surface area contributed by atoms with Crippen molar-refractivity contribution in [2.45, 2.75) is 6.10 Å². The predicted octanol–water partition coefficient (Wildman–Crippen LogP) is 5.43. The van der Waals surface area contributed by atoms with E-state index in [-0.39, 0.29) is 5.71 Å². The van der Waals surface area contributed by atoms with Crippen LogP contribution in [0.1, 0.15) is 11.7 Å². The molecule has 3 aromatic carbocycles. The van der Waals surface area contributed by atoms with Gasteiger partial charge < -0.3 is 4.74 Å². The Hall–Kier alpha value is -2.47. The van der Waals surface area contributed by atoms with Crippen LogP contribution in [0.2, 0.25) is 0 Å². The van der Waals surface area contributed by atoms with Crippen LogP contribution in [0.5, 0.6) is 0 Å². The third-order valence-electron chi connectivity index (χ3n) is 4.30. The smallest absolute Gasteiger partial charge is 0.361 e. The van der Waals surface area contributed by atoms with Gasteiger partial charge in [0.25, 0.3) is 0 Å². The maximum atomic E-state index is 12.6. The maximum absolute atomic E-state index is 12.6. The summed E-state index contributed by atoms with van der Waals surface area (Å²) in [5.41, 5.74) is 8.90. The van der Waals surface area contributed by atoms with Crippen molar-refractivity contribution in [3.63, 3.8) is 0 Å².